The van der Waals surface area contributed by atoms with Crippen LogP contribution in [0.1, 0.15) is 52.2 Å². The van der Waals surface area contributed by atoms with Gasteiger partial charge in [-0.05, 0) is 49.7 Å². The minimum Gasteiger partial charge on any atom is -0.364 e. The lowest BCUT2D eigenvalue weighted by Crippen LogP contribution is -2.34. The maximum atomic E-state index is 12.4. The molecule has 1 aromatic carbocycles. The van der Waals surface area contributed by atoms with Crippen LogP contribution in [0, 0.1) is 12.8 Å². The van der Waals surface area contributed by atoms with Crippen LogP contribution in [-0.2, 0) is 0 Å². The lowest BCUT2D eigenvalue weighted by molar-refractivity contribution is 0.0969. The van der Waals surface area contributed by atoms with E-state index in [4.69, 9.17) is 5.73 Å². The molecule has 32 heavy (non-hydrogen) atoms. The number of hydrogen-bond acceptors (Lipinski definition) is 8. The van der Waals surface area contributed by atoms with Crippen LogP contribution in [0.4, 0.5) is 16.6 Å². The lowest BCUT2D eigenvalue weighted by Gasteiger charge is -2.32. The molecule has 0 aliphatic carbocycles. The number of hydrogen-bond donors (Lipinski definition) is 2. The second kappa shape index (κ2) is 9.86. The molecule has 1 saturated heterocycles. The van der Waals surface area contributed by atoms with Gasteiger partial charge in [0.25, 0.3) is 5.91 Å². The molecule has 1 amide bonds. The predicted molar refractivity (Wildman–Crippen MR) is 126 cm³/mol. The second-order valence-electron chi connectivity index (χ2n) is 8.01. The van der Waals surface area contributed by atoms with E-state index < -0.39 is 5.91 Å². The zero-order valence-corrected chi connectivity index (χ0v) is 18.8. The van der Waals surface area contributed by atoms with E-state index in [-0.39, 0.29) is 11.5 Å². The highest BCUT2D eigenvalue weighted by atomic mass is 32.1. The Hall–Kier alpha value is -3.33. The first-order valence-electron chi connectivity index (χ1n) is 10.7. The Kier molecular flexibility index (Phi) is 6.75. The van der Waals surface area contributed by atoms with Crippen molar-refractivity contribution in [2.45, 2.75) is 32.6 Å². The molecule has 3 aromatic rings. The number of aromatic nitrogens is 3. The third kappa shape index (κ3) is 5.28. The molecular weight excluding hydrogens is 424 g/mol. The fourth-order valence-electron chi connectivity index (χ4n) is 3.89. The van der Waals surface area contributed by atoms with Crippen molar-refractivity contribution in [3.05, 3.63) is 59.5 Å². The van der Waals surface area contributed by atoms with Crippen molar-refractivity contribution in [3.63, 3.8) is 0 Å². The van der Waals surface area contributed by atoms with Crippen LogP contribution in [0.3, 0.4) is 0 Å². The number of piperidine rings is 1. The number of benzene rings is 1. The maximum absolute atomic E-state index is 12.4. The van der Waals surface area contributed by atoms with Gasteiger partial charge in [0.15, 0.2) is 17.3 Å². The average Bonchev–Trinajstić information content (AvgIpc) is 3.22. The number of amides is 1. The number of nitrogens with two attached hydrogens (primary N) is 1. The first kappa shape index (κ1) is 21.9. The molecule has 0 atom stereocenters. The van der Waals surface area contributed by atoms with Crippen LogP contribution in [0.15, 0.2) is 42.6 Å². The van der Waals surface area contributed by atoms with E-state index in [9.17, 15) is 9.59 Å². The van der Waals surface area contributed by atoms with E-state index in [1.54, 1.807) is 6.20 Å². The Morgan fingerprint density at radius 1 is 1.22 bits per heavy atom. The molecule has 4 rings (SSSR count). The van der Waals surface area contributed by atoms with E-state index in [0.717, 1.165) is 48.6 Å². The van der Waals surface area contributed by atoms with Crippen LogP contribution >= 0.6 is 11.5 Å². The first-order chi connectivity index (χ1) is 15.5. The van der Waals surface area contributed by atoms with Crippen LogP contribution in [-0.4, -0.2) is 39.1 Å². The fraction of sp³-hybridized carbons (Fsp3) is 0.348. The van der Waals surface area contributed by atoms with Crippen LogP contribution < -0.4 is 16.0 Å². The van der Waals surface area contributed by atoms with Crippen molar-refractivity contribution >= 4 is 39.9 Å². The Balaban J connectivity index is 1.37. The van der Waals surface area contributed by atoms with E-state index in [1.165, 1.54) is 11.5 Å². The van der Waals surface area contributed by atoms with E-state index in [1.807, 2.05) is 43.3 Å². The molecule has 2 aromatic heterocycles. The predicted octanol–water partition coefficient (Wildman–Crippen LogP) is 3.96. The van der Waals surface area contributed by atoms with Crippen molar-refractivity contribution in [3.8, 4) is 0 Å². The molecule has 0 radical (unpaired) electrons. The summed E-state index contributed by atoms with van der Waals surface area (Å²) in [7, 11) is 0. The van der Waals surface area contributed by atoms with Crippen molar-refractivity contribution in [1.82, 2.24) is 14.3 Å². The molecule has 1 fully saturated rings. The highest BCUT2D eigenvalue weighted by Crippen LogP contribution is 2.28. The number of carbonyl (C=O) groups excluding carboxylic acids is 2. The van der Waals surface area contributed by atoms with E-state index in [0.29, 0.717) is 24.0 Å². The number of Topliss-reactive ketones (excluding diaryl/α,β-unsaturated/α-hetero) is 1. The summed E-state index contributed by atoms with van der Waals surface area (Å²) in [6.45, 7) is 3.55. The van der Waals surface area contributed by atoms with Gasteiger partial charge in [0, 0.05) is 25.1 Å². The number of anilines is 3. The van der Waals surface area contributed by atoms with Gasteiger partial charge >= 0.3 is 0 Å². The smallest absolute Gasteiger partial charge is 0.271 e. The quantitative estimate of drug-likeness (QED) is 0.499. The molecule has 1 aliphatic rings. The largest absolute Gasteiger partial charge is 0.364 e. The molecule has 1 aliphatic heterocycles. The Labute approximate surface area is 191 Å². The summed E-state index contributed by atoms with van der Waals surface area (Å²) in [5, 5.41) is 3.90. The normalized spacial score (nSPS) is 14.3. The van der Waals surface area contributed by atoms with Crippen LogP contribution in [0.2, 0.25) is 0 Å². The van der Waals surface area contributed by atoms with Gasteiger partial charge in [0.2, 0.25) is 0 Å². The van der Waals surface area contributed by atoms with Gasteiger partial charge in [-0.25, -0.2) is 9.97 Å². The molecule has 9 heteroatoms. The summed E-state index contributed by atoms with van der Waals surface area (Å²) >= 11 is 1.29. The van der Waals surface area contributed by atoms with Gasteiger partial charge in [-0.1, -0.05) is 30.3 Å². The zero-order chi connectivity index (χ0) is 22.5. The maximum Gasteiger partial charge on any atom is 0.271 e. The monoisotopic (exact) mass is 450 g/mol. The number of ketones is 1. The molecular formula is C23H26N6O2S. The van der Waals surface area contributed by atoms with Gasteiger partial charge in [-0.3, -0.25) is 9.59 Å². The highest BCUT2D eigenvalue weighted by Gasteiger charge is 2.23. The van der Waals surface area contributed by atoms with Gasteiger partial charge in [-0.15, -0.1) is 0 Å². The first-order valence-corrected chi connectivity index (χ1v) is 11.5. The van der Waals surface area contributed by atoms with Gasteiger partial charge in [0.05, 0.1) is 11.9 Å². The average molecular weight is 451 g/mol. The van der Waals surface area contributed by atoms with Gasteiger partial charge in [0.1, 0.15) is 10.8 Å². The summed E-state index contributed by atoms with van der Waals surface area (Å²) < 4.78 is 4.24. The molecule has 0 bridgehead atoms. The minimum atomic E-state index is -0.630. The summed E-state index contributed by atoms with van der Waals surface area (Å²) in [5.41, 5.74) is 7.26. The van der Waals surface area contributed by atoms with Crippen LogP contribution in [0.25, 0.3) is 0 Å². The van der Waals surface area contributed by atoms with Crippen LogP contribution in [0.5, 0.6) is 0 Å². The van der Waals surface area contributed by atoms with Crippen molar-refractivity contribution in [2.75, 3.05) is 23.3 Å². The summed E-state index contributed by atoms with van der Waals surface area (Å²) in [4.78, 5) is 35.2. The standard InChI is InChI=1S/C23H26N6O2S/c1-15-13-20(32-28-15)27-23-21(22(24)31)25-14-19(26-23)29-11-9-16(10-12-29)7-8-18(30)17-5-3-2-4-6-17/h2-6,13-14,16H,7-12H2,1H3,(H2,24,31)(H,26,27). The van der Waals surface area contributed by atoms with E-state index >= 15 is 0 Å². The lowest BCUT2D eigenvalue weighted by atomic mass is 9.90. The second-order valence-corrected chi connectivity index (χ2v) is 8.81. The summed E-state index contributed by atoms with van der Waals surface area (Å²) in [5.74, 6) is 1.13. The summed E-state index contributed by atoms with van der Waals surface area (Å²) in [6, 6.07) is 11.3. The van der Waals surface area contributed by atoms with Crippen molar-refractivity contribution in [2.24, 2.45) is 11.7 Å². The number of nitrogens with zero attached hydrogens (tertiary/aromatic N) is 4. The topological polar surface area (TPSA) is 114 Å². The third-order valence-electron chi connectivity index (χ3n) is 5.68. The highest BCUT2D eigenvalue weighted by molar-refractivity contribution is 7.10. The number of carbonyl (C=O) groups is 2. The minimum absolute atomic E-state index is 0.106. The molecule has 0 spiro atoms. The zero-order valence-electron chi connectivity index (χ0n) is 18.0. The molecule has 166 valence electrons. The SMILES string of the molecule is Cc1cc(Nc2nc(N3CCC(CCC(=O)c4ccccc4)CC3)cnc2C(N)=O)sn1. The van der Waals surface area contributed by atoms with Crippen molar-refractivity contribution in [1.29, 1.82) is 0 Å². The van der Waals surface area contributed by atoms with Gasteiger partial charge in [-0.2, -0.15) is 4.37 Å². The Bertz CT molecular complexity index is 1090. The third-order valence-corrected chi connectivity index (χ3v) is 6.47. The Morgan fingerprint density at radius 3 is 2.62 bits per heavy atom. The van der Waals surface area contributed by atoms with E-state index in [2.05, 4.69) is 24.6 Å². The van der Waals surface area contributed by atoms with Crippen molar-refractivity contribution < 1.29 is 9.59 Å². The molecule has 3 N–H and O–H groups in total. The number of nitrogens with one attached hydrogen (secondary N) is 1. The molecule has 0 unspecified atom stereocenters. The van der Waals surface area contributed by atoms with Gasteiger partial charge < -0.3 is 16.0 Å². The summed E-state index contributed by atoms with van der Waals surface area (Å²) in [6.07, 6.45) is 5.04. The number of aryl methyl sites for hydroxylation is 1. The fourth-order valence-corrected chi connectivity index (χ4v) is 4.55. The molecule has 8 nitrogen and oxygen atoms in total. The Morgan fingerprint density at radius 2 is 1.97 bits per heavy atom. The number of primary amides is 1. The number of rotatable bonds is 8. The molecule has 3 heterocycles. The molecule has 0 saturated carbocycles.